The van der Waals surface area contributed by atoms with E-state index in [0.29, 0.717) is 0 Å². The van der Waals surface area contributed by atoms with Crippen LogP contribution in [0.1, 0.15) is 5.56 Å². The zero-order chi connectivity index (χ0) is 23.8. The maximum atomic E-state index is 4.50. The van der Waals surface area contributed by atoms with E-state index in [-0.39, 0.29) is 0 Å². The Kier molecular flexibility index (Phi) is 5.23. The van der Waals surface area contributed by atoms with E-state index < -0.39 is 0 Å². The van der Waals surface area contributed by atoms with Gasteiger partial charge in [-0.05, 0) is 41.8 Å². The van der Waals surface area contributed by atoms with Crippen molar-refractivity contribution in [3.8, 4) is 39.3 Å². The van der Waals surface area contributed by atoms with E-state index in [9.17, 15) is 0 Å². The minimum Gasteiger partial charge on any atom is -0.264 e. The third kappa shape index (κ3) is 3.53. The highest BCUT2D eigenvalue weighted by Gasteiger charge is 2.30. The lowest BCUT2D eigenvalue weighted by Crippen LogP contribution is -2.30. The lowest BCUT2D eigenvalue weighted by molar-refractivity contribution is -0.633. The summed E-state index contributed by atoms with van der Waals surface area (Å²) in [5.41, 5.74) is 10.6. The molecular formula is C32H26N3+. The Morgan fingerprint density at radius 1 is 0.629 bits per heavy atom. The highest BCUT2D eigenvalue weighted by molar-refractivity contribution is 5.90. The molecule has 3 nitrogen and oxygen atoms in total. The van der Waals surface area contributed by atoms with Crippen LogP contribution in [0.3, 0.4) is 0 Å². The molecule has 0 saturated heterocycles. The van der Waals surface area contributed by atoms with Crippen molar-refractivity contribution in [1.82, 2.24) is 9.55 Å². The molecule has 0 radical (unpaired) electrons. The van der Waals surface area contributed by atoms with Gasteiger partial charge in [0.15, 0.2) is 11.0 Å². The second-order valence-corrected chi connectivity index (χ2v) is 8.83. The van der Waals surface area contributed by atoms with Crippen LogP contribution < -0.4 is 4.57 Å². The molecule has 0 amide bonds. The number of aromatic nitrogens is 3. The van der Waals surface area contributed by atoms with Gasteiger partial charge < -0.3 is 0 Å². The molecule has 0 bridgehead atoms. The van der Waals surface area contributed by atoms with Crippen LogP contribution in [0.15, 0.2) is 122 Å². The maximum Gasteiger partial charge on any atom is 0.296 e. The van der Waals surface area contributed by atoms with Crippen LogP contribution in [0.5, 0.6) is 0 Å². The van der Waals surface area contributed by atoms with Crippen molar-refractivity contribution in [3.05, 3.63) is 127 Å². The van der Waals surface area contributed by atoms with E-state index in [1.54, 1.807) is 0 Å². The molecule has 0 atom stereocenters. The fraction of sp³-hybridized carbons (Fsp3) is 0.0625. The van der Waals surface area contributed by atoms with Gasteiger partial charge in [0.05, 0.1) is 12.6 Å². The number of para-hydroxylation sites is 3. The Morgan fingerprint density at radius 3 is 1.86 bits per heavy atom. The highest BCUT2D eigenvalue weighted by Crippen LogP contribution is 2.39. The fourth-order valence-corrected chi connectivity index (χ4v) is 5.03. The smallest absolute Gasteiger partial charge is 0.264 e. The molecule has 35 heavy (non-hydrogen) atoms. The number of pyridine rings is 1. The molecule has 0 N–H and O–H groups in total. The number of nitrogens with zero attached hydrogens (tertiary/aromatic N) is 3. The van der Waals surface area contributed by atoms with E-state index in [0.717, 1.165) is 16.9 Å². The highest BCUT2D eigenvalue weighted by atomic mass is 15.2. The van der Waals surface area contributed by atoms with Crippen LogP contribution in [-0.2, 0) is 7.05 Å². The predicted molar refractivity (Wildman–Crippen MR) is 143 cm³/mol. The van der Waals surface area contributed by atoms with Gasteiger partial charge >= 0.3 is 0 Å². The third-order valence-electron chi connectivity index (χ3n) is 6.72. The van der Waals surface area contributed by atoms with Crippen molar-refractivity contribution >= 4 is 11.0 Å². The monoisotopic (exact) mass is 452 g/mol. The quantitative estimate of drug-likeness (QED) is 0.260. The van der Waals surface area contributed by atoms with E-state index in [1.807, 2.05) is 12.4 Å². The van der Waals surface area contributed by atoms with E-state index in [4.69, 9.17) is 0 Å². The first-order valence-electron chi connectivity index (χ1n) is 11.9. The van der Waals surface area contributed by atoms with Crippen molar-refractivity contribution < 1.29 is 4.57 Å². The lowest BCUT2D eigenvalue weighted by Gasteiger charge is -2.15. The van der Waals surface area contributed by atoms with Crippen molar-refractivity contribution in [2.24, 2.45) is 7.05 Å². The molecule has 0 aliphatic rings. The summed E-state index contributed by atoms with van der Waals surface area (Å²) in [6.45, 7) is 2.15. The molecule has 0 saturated carbocycles. The third-order valence-corrected chi connectivity index (χ3v) is 6.72. The van der Waals surface area contributed by atoms with Crippen molar-refractivity contribution in [2.45, 2.75) is 6.92 Å². The van der Waals surface area contributed by atoms with Gasteiger partial charge in [0.2, 0.25) is 0 Å². The van der Waals surface area contributed by atoms with Gasteiger partial charge in [-0.25, -0.2) is 4.57 Å². The van der Waals surface area contributed by atoms with Crippen LogP contribution in [0, 0.1) is 6.92 Å². The standard InChI is InChI=1S/C32H26N3/c1-23-20-21-33-22-28(23)32-34(2)29-18-9-10-19-30(29)35(32)31-26(24-12-5-3-6-13-24)16-11-17-27(31)25-14-7-4-8-15-25/h3-22H,1-2H3/q+1. The number of imidazole rings is 1. The zero-order valence-corrected chi connectivity index (χ0v) is 19.9. The van der Waals surface area contributed by atoms with E-state index in [2.05, 4.69) is 137 Å². The second kappa shape index (κ2) is 8.69. The summed E-state index contributed by atoms with van der Waals surface area (Å²) in [5.74, 6) is 1.11. The van der Waals surface area contributed by atoms with Crippen molar-refractivity contribution in [2.75, 3.05) is 0 Å². The number of benzene rings is 4. The molecule has 6 aromatic rings. The van der Waals surface area contributed by atoms with Crippen LogP contribution in [0.2, 0.25) is 0 Å². The summed E-state index contributed by atoms with van der Waals surface area (Å²) in [6, 6.07) is 38.6. The number of rotatable bonds is 4. The van der Waals surface area contributed by atoms with Crippen molar-refractivity contribution in [3.63, 3.8) is 0 Å². The van der Waals surface area contributed by atoms with E-state index in [1.165, 1.54) is 39.0 Å². The van der Waals surface area contributed by atoms with Gasteiger partial charge in [-0.1, -0.05) is 91.0 Å². The lowest BCUT2D eigenvalue weighted by atomic mass is 9.95. The second-order valence-electron chi connectivity index (χ2n) is 8.83. The van der Waals surface area contributed by atoms with Gasteiger partial charge in [0.25, 0.3) is 5.82 Å². The summed E-state index contributed by atoms with van der Waals surface area (Å²) in [4.78, 5) is 4.50. The Bertz CT molecular complexity index is 1590. The predicted octanol–water partition coefficient (Wildman–Crippen LogP) is 7.16. The first-order chi connectivity index (χ1) is 17.2. The summed E-state index contributed by atoms with van der Waals surface area (Å²) in [7, 11) is 2.15. The number of hydrogen-bond acceptors (Lipinski definition) is 1. The average Bonchev–Trinajstić information content (AvgIpc) is 3.21. The first-order valence-corrected chi connectivity index (χ1v) is 11.9. The van der Waals surface area contributed by atoms with Gasteiger partial charge in [-0.3, -0.25) is 4.98 Å². The Morgan fingerprint density at radius 2 is 1.23 bits per heavy atom. The van der Waals surface area contributed by atoms with E-state index >= 15 is 0 Å². The summed E-state index contributed by atoms with van der Waals surface area (Å²) in [5, 5.41) is 0. The number of hydrogen-bond donors (Lipinski definition) is 0. The van der Waals surface area contributed by atoms with Gasteiger partial charge in [0.1, 0.15) is 5.69 Å². The largest absolute Gasteiger partial charge is 0.296 e. The van der Waals surface area contributed by atoms with Crippen LogP contribution in [-0.4, -0.2) is 9.55 Å². The SMILES string of the molecule is Cc1ccncc1-c1n(-c2c(-c3ccccc3)cccc2-c2ccccc2)c2ccccc2[n+]1C. The maximum absolute atomic E-state index is 4.50. The molecule has 2 heterocycles. The summed E-state index contributed by atoms with van der Waals surface area (Å²) in [6.07, 6.45) is 3.84. The van der Waals surface area contributed by atoms with Gasteiger partial charge in [0, 0.05) is 23.5 Å². The van der Waals surface area contributed by atoms with Crippen molar-refractivity contribution in [1.29, 1.82) is 0 Å². The number of aryl methyl sites for hydroxylation is 2. The topological polar surface area (TPSA) is 21.7 Å². The molecule has 0 spiro atoms. The minimum absolute atomic E-state index is 1.11. The molecule has 2 aromatic heterocycles. The number of fused-ring (bicyclic) bond motifs is 1. The Balaban J connectivity index is 1.81. The zero-order valence-electron chi connectivity index (χ0n) is 19.9. The van der Waals surface area contributed by atoms with Gasteiger partial charge in [-0.2, -0.15) is 4.57 Å². The molecule has 3 heteroatoms. The Labute approximate surface area is 205 Å². The molecule has 0 fully saturated rings. The molecule has 4 aromatic carbocycles. The molecule has 0 unspecified atom stereocenters. The summed E-state index contributed by atoms with van der Waals surface area (Å²) >= 11 is 0. The Hall–Kier alpha value is -4.50. The molecular weight excluding hydrogens is 426 g/mol. The normalized spacial score (nSPS) is 11.1. The van der Waals surface area contributed by atoms with Gasteiger partial charge in [-0.15, -0.1) is 0 Å². The van der Waals surface area contributed by atoms with Crippen LogP contribution in [0.25, 0.3) is 50.4 Å². The average molecular weight is 453 g/mol. The van der Waals surface area contributed by atoms with Crippen LogP contribution >= 0.6 is 0 Å². The fourth-order valence-electron chi connectivity index (χ4n) is 5.03. The first kappa shape index (κ1) is 21.1. The molecule has 0 aliphatic heterocycles. The van der Waals surface area contributed by atoms with Crippen LogP contribution in [0.4, 0.5) is 0 Å². The molecule has 168 valence electrons. The summed E-state index contributed by atoms with van der Waals surface area (Å²) < 4.78 is 4.71. The minimum atomic E-state index is 1.11. The molecule has 0 aliphatic carbocycles. The molecule has 6 rings (SSSR count).